The van der Waals surface area contributed by atoms with E-state index in [0.29, 0.717) is 28.7 Å². The number of hydrogen-bond acceptors (Lipinski definition) is 4. The molecule has 0 aliphatic carbocycles. The third kappa shape index (κ3) is 3.95. The minimum atomic E-state index is -0.181. The van der Waals surface area contributed by atoms with Crippen LogP contribution in [-0.2, 0) is 13.0 Å². The highest BCUT2D eigenvalue weighted by Gasteiger charge is 2.13. The van der Waals surface area contributed by atoms with Crippen molar-refractivity contribution in [2.45, 2.75) is 25.0 Å². The van der Waals surface area contributed by atoms with E-state index in [4.69, 9.17) is 11.6 Å². The van der Waals surface area contributed by atoms with Crippen LogP contribution >= 0.6 is 23.4 Å². The van der Waals surface area contributed by atoms with Crippen LogP contribution in [0.5, 0.6) is 0 Å². The van der Waals surface area contributed by atoms with Gasteiger partial charge in [-0.1, -0.05) is 48.5 Å². The predicted octanol–water partition coefficient (Wildman–Crippen LogP) is 3.34. The van der Waals surface area contributed by atoms with Crippen LogP contribution in [0, 0.1) is 0 Å². The van der Waals surface area contributed by atoms with Gasteiger partial charge in [0.1, 0.15) is 0 Å². The summed E-state index contributed by atoms with van der Waals surface area (Å²) in [4.78, 5) is 20.8. The number of carbonyl (C=O) groups excluding carboxylic acids is 1. The van der Waals surface area contributed by atoms with E-state index in [-0.39, 0.29) is 5.91 Å². The molecule has 4 nitrogen and oxygen atoms in total. The van der Waals surface area contributed by atoms with Crippen molar-refractivity contribution in [2.24, 2.45) is 0 Å². The lowest BCUT2D eigenvalue weighted by Crippen LogP contribution is -2.25. The number of amides is 1. The van der Waals surface area contributed by atoms with Gasteiger partial charge in [-0.2, -0.15) is 0 Å². The molecule has 0 atom stereocenters. The summed E-state index contributed by atoms with van der Waals surface area (Å²) in [6.45, 7) is 2.35. The van der Waals surface area contributed by atoms with Crippen LogP contribution < -0.4 is 5.32 Å². The number of carbonyl (C=O) groups is 1. The monoisotopic (exact) mass is 321 g/mol. The standard InChI is InChI=1S/C15H16ClN3OS/c1-3-13-11(9-18-15(19-13)21-2)14(20)17-8-10-6-4-5-7-12(10)16/h4-7,9H,3,8H2,1-2H3,(H,17,20). The van der Waals surface area contributed by atoms with Gasteiger partial charge in [-0.3, -0.25) is 4.79 Å². The quantitative estimate of drug-likeness (QED) is 0.678. The van der Waals surface area contributed by atoms with Crippen LogP contribution in [0.4, 0.5) is 0 Å². The predicted molar refractivity (Wildman–Crippen MR) is 85.8 cm³/mol. The van der Waals surface area contributed by atoms with Gasteiger partial charge in [0.2, 0.25) is 0 Å². The van der Waals surface area contributed by atoms with Gasteiger partial charge in [-0.25, -0.2) is 9.97 Å². The SMILES string of the molecule is CCc1nc(SC)ncc1C(=O)NCc1ccccc1Cl. The van der Waals surface area contributed by atoms with E-state index < -0.39 is 0 Å². The highest BCUT2D eigenvalue weighted by Crippen LogP contribution is 2.16. The second-order valence-electron chi connectivity index (χ2n) is 4.34. The molecule has 1 aromatic heterocycles. The number of thioether (sulfide) groups is 1. The molecule has 1 heterocycles. The van der Waals surface area contributed by atoms with Crippen LogP contribution in [0.2, 0.25) is 5.02 Å². The average molecular weight is 322 g/mol. The number of aryl methyl sites for hydroxylation is 1. The summed E-state index contributed by atoms with van der Waals surface area (Å²) in [5, 5.41) is 4.17. The van der Waals surface area contributed by atoms with E-state index in [9.17, 15) is 4.79 Å². The number of rotatable bonds is 5. The van der Waals surface area contributed by atoms with E-state index in [0.717, 1.165) is 11.3 Å². The first-order valence-electron chi connectivity index (χ1n) is 6.57. The first-order chi connectivity index (χ1) is 10.2. The fourth-order valence-electron chi connectivity index (χ4n) is 1.87. The van der Waals surface area contributed by atoms with Gasteiger partial charge in [0, 0.05) is 17.8 Å². The Kier molecular flexibility index (Phi) is 5.59. The molecule has 0 unspecified atom stereocenters. The van der Waals surface area contributed by atoms with E-state index in [2.05, 4.69) is 15.3 Å². The van der Waals surface area contributed by atoms with Crippen molar-refractivity contribution in [3.8, 4) is 0 Å². The molecule has 0 aliphatic rings. The second-order valence-corrected chi connectivity index (χ2v) is 5.53. The summed E-state index contributed by atoms with van der Waals surface area (Å²) in [5.41, 5.74) is 2.15. The Hall–Kier alpha value is -1.59. The third-order valence-electron chi connectivity index (χ3n) is 3.00. The van der Waals surface area contributed by atoms with Gasteiger partial charge >= 0.3 is 0 Å². The Morgan fingerprint density at radius 1 is 1.38 bits per heavy atom. The molecule has 0 fully saturated rings. The zero-order valence-electron chi connectivity index (χ0n) is 11.9. The maximum Gasteiger partial charge on any atom is 0.254 e. The fraction of sp³-hybridized carbons (Fsp3) is 0.267. The largest absolute Gasteiger partial charge is 0.348 e. The lowest BCUT2D eigenvalue weighted by molar-refractivity contribution is 0.0949. The molecule has 110 valence electrons. The molecule has 0 saturated heterocycles. The summed E-state index contributed by atoms with van der Waals surface area (Å²) in [6.07, 6.45) is 4.18. The Labute approximate surface area is 133 Å². The molecule has 0 aliphatic heterocycles. The van der Waals surface area contributed by atoms with Crippen molar-refractivity contribution in [1.29, 1.82) is 0 Å². The Morgan fingerprint density at radius 3 is 2.81 bits per heavy atom. The van der Waals surface area contributed by atoms with Crippen molar-refractivity contribution >= 4 is 29.3 Å². The molecule has 21 heavy (non-hydrogen) atoms. The normalized spacial score (nSPS) is 10.4. The van der Waals surface area contributed by atoms with Crippen LogP contribution in [0.1, 0.15) is 28.5 Å². The summed E-state index contributed by atoms with van der Waals surface area (Å²) in [6, 6.07) is 7.44. The number of halogens is 1. The smallest absolute Gasteiger partial charge is 0.254 e. The zero-order chi connectivity index (χ0) is 15.2. The molecule has 2 rings (SSSR count). The second kappa shape index (κ2) is 7.43. The van der Waals surface area contributed by atoms with E-state index in [1.807, 2.05) is 31.4 Å². The Morgan fingerprint density at radius 2 is 2.14 bits per heavy atom. The molecule has 6 heteroatoms. The van der Waals surface area contributed by atoms with Gasteiger partial charge in [0.05, 0.1) is 11.3 Å². The van der Waals surface area contributed by atoms with Gasteiger partial charge < -0.3 is 5.32 Å². The van der Waals surface area contributed by atoms with Crippen molar-refractivity contribution in [3.05, 3.63) is 52.3 Å². The van der Waals surface area contributed by atoms with Gasteiger partial charge in [0.15, 0.2) is 5.16 Å². The molecule has 1 aromatic carbocycles. The van der Waals surface area contributed by atoms with Crippen molar-refractivity contribution < 1.29 is 4.79 Å². The van der Waals surface area contributed by atoms with Crippen molar-refractivity contribution in [1.82, 2.24) is 15.3 Å². The highest BCUT2D eigenvalue weighted by molar-refractivity contribution is 7.98. The summed E-state index contributed by atoms with van der Waals surface area (Å²) >= 11 is 7.53. The van der Waals surface area contributed by atoms with Gasteiger partial charge in [-0.05, 0) is 24.3 Å². The van der Waals surface area contributed by atoms with Crippen LogP contribution in [0.25, 0.3) is 0 Å². The Bertz CT molecular complexity index is 649. The topological polar surface area (TPSA) is 54.9 Å². The fourth-order valence-corrected chi connectivity index (χ4v) is 2.43. The van der Waals surface area contributed by atoms with Crippen LogP contribution in [-0.4, -0.2) is 22.1 Å². The molecular formula is C15H16ClN3OS. The number of nitrogens with one attached hydrogen (secondary N) is 1. The van der Waals surface area contributed by atoms with Crippen molar-refractivity contribution in [3.63, 3.8) is 0 Å². The summed E-state index contributed by atoms with van der Waals surface area (Å²) in [7, 11) is 0. The lowest BCUT2D eigenvalue weighted by Gasteiger charge is -2.09. The molecule has 2 aromatic rings. The highest BCUT2D eigenvalue weighted by atomic mass is 35.5. The van der Waals surface area contributed by atoms with Crippen LogP contribution in [0.3, 0.4) is 0 Å². The minimum absolute atomic E-state index is 0.181. The van der Waals surface area contributed by atoms with Gasteiger partial charge in [0.25, 0.3) is 5.91 Å². The molecule has 0 saturated carbocycles. The average Bonchev–Trinajstić information content (AvgIpc) is 2.53. The van der Waals surface area contributed by atoms with E-state index >= 15 is 0 Å². The van der Waals surface area contributed by atoms with Crippen LogP contribution in [0.15, 0.2) is 35.6 Å². The molecule has 1 N–H and O–H groups in total. The van der Waals surface area contributed by atoms with Gasteiger partial charge in [-0.15, -0.1) is 0 Å². The molecule has 0 bridgehead atoms. The number of hydrogen-bond donors (Lipinski definition) is 1. The molecule has 1 amide bonds. The molecular weight excluding hydrogens is 306 g/mol. The molecule has 0 spiro atoms. The molecule has 0 radical (unpaired) electrons. The Balaban J connectivity index is 2.12. The number of aromatic nitrogens is 2. The first kappa shape index (κ1) is 15.8. The lowest BCUT2D eigenvalue weighted by atomic mass is 10.1. The minimum Gasteiger partial charge on any atom is -0.348 e. The summed E-state index contributed by atoms with van der Waals surface area (Å²) in [5.74, 6) is -0.181. The van der Waals surface area contributed by atoms with E-state index in [1.54, 1.807) is 12.3 Å². The maximum absolute atomic E-state index is 12.3. The third-order valence-corrected chi connectivity index (χ3v) is 3.94. The van der Waals surface area contributed by atoms with Crippen molar-refractivity contribution in [2.75, 3.05) is 6.26 Å². The number of benzene rings is 1. The summed E-state index contributed by atoms with van der Waals surface area (Å²) < 4.78 is 0. The maximum atomic E-state index is 12.3. The number of nitrogens with zero attached hydrogens (tertiary/aromatic N) is 2. The zero-order valence-corrected chi connectivity index (χ0v) is 13.5. The van der Waals surface area contributed by atoms with E-state index in [1.165, 1.54) is 11.8 Å². The first-order valence-corrected chi connectivity index (χ1v) is 8.17.